The summed E-state index contributed by atoms with van der Waals surface area (Å²) in [5, 5.41) is 20.7. The fourth-order valence-electron chi connectivity index (χ4n) is 8.38. The summed E-state index contributed by atoms with van der Waals surface area (Å²) in [6.45, 7) is 10.1. The number of aryl methyl sites for hydroxylation is 6. The summed E-state index contributed by atoms with van der Waals surface area (Å²) in [4.78, 5) is 69.5. The number of ether oxygens (including phenoxy) is 2. The Balaban J connectivity index is 0.000000397. The molecule has 6 aromatic rings. The molecule has 0 saturated carbocycles. The van der Waals surface area contributed by atoms with Crippen molar-refractivity contribution >= 4 is 35.4 Å². The first-order valence-corrected chi connectivity index (χ1v) is 31.8. The molecular weight excluding hydrogens is 1250 g/mol. The molecule has 0 spiro atoms. The van der Waals surface area contributed by atoms with E-state index in [1.165, 1.54) is 34.9 Å². The van der Waals surface area contributed by atoms with Crippen LogP contribution in [0.1, 0.15) is 84.4 Å². The summed E-state index contributed by atoms with van der Waals surface area (Å²) in [5.41, 5.74) is 6.34. The Morgan fingerprint density at radius 1 is 0.598 bits per heavy atom. The third-order valence-electron chi connectivity index (χ3n) is 12.6. The predicted molar refractivity (Wildman–Crippen MR) is 301 cm³/mol. The molecule has 82 heavy (non-hydrogen) atoms. The summed E-state index contributed by atoms with van der Waals surface area (Å²) in [7, 11) is 2.59. The second kappa shape index (κ2) is 34.6. The molecule has 30 heteroatoms. The largest absolute Gasteiger partial charge is 0 e. The molecule has 2 saturated heterocycles. The molecule has 8 N–H and O–H groups in total. The number of aromatic amines is 2. The maximum absolute atomic E-state index is 12.7. The van der Waals surface area contributed by atoms with Crippen molar-refractivity contribution in [1.29, 1.82) is 0 Å². The second-order valence-electron chi connectivity index (χ2n) is 19.1. The van der Waals surface area contributed by atoms with E-state index in [0.717, 1.165) is 83.8 Å². The molecule has 0 amide bonds. The first kappa shape index (κ1) is 71.9. The van der Waals surface area contributed by atoms with Crippen LogP contribution >= 0.6 is 35.4 Å². The van der Waals surface area contributed by atoms with Gasteiger partial charge in [0, 0.05) is 91.5 Å². The molecular formula is C52H70Cl2Cu2N8O16P2. The minimum atomic E-state index is -3.38. The third-order valence-corrected chi connectivity index (χ3v) is 15.2. The number of aliphatic hydroxyl groups is 2. The summed E-state index contributed by atoms with van der Waals surface area (Å²) in [6.07, 6.45) is 9.79. The third kappa shape index (κ3) is 22.2. The standard InChI is InChI=1S/2C26H33N4O7P.2ClH.2Cu.2H2O/c2*1-17-7-9-27-20(12-17)21-13-19(8-10-28-21)6-4-5-11-35-38(3,34)36-16-23-22(31)14-24(37-23)30-15-18(2)25(32)29-26(30)33;;;;;;/h2*7-10,12-13,15,22-24,31H,4-6,11,14,16H2,1-3H3,(H,29,32,33);2*1H;;;2*1H2/q;;;;;+2;;/p-2/t2*22?,23-,24-,38?;;;;;;/m11....../s1. The zero-order chi connectivity index (χ0) is 57.3. The van der Waals surface area contributed by atoms with Crippen molar-refractivity contribution in [2.24, 2.45) is 0 Å². The fraction of sp³-hybridized carbons (Fsp3) is 0.462. The molecule has 24 nitrogen and oxygen atoms in total. The van der Waals surface area contributed by atoms with Gasteiger partial charge in [-0.15, -0.1) is 0 Å². The van der Waals surface area contributed by atoms with E-state index in [1.807, 2.05) is 62.4 Å². The van der Waals surface area contributed by atoms with Crippen LogP contribution in [0.25, 0.3) is 22.8 Å². The Labute approximate surface area is 498 Å². The molecule has 8 rings (SSSR count). The SMILES string of the molecule is Cc1ccnc(-c2cc(CCCCOP(C)(=O)OC[C@H]3O[C@@H](n4cc(C)c(=O)[nH]c4=O)CC3O)ccn2)c1.Cc1ccnc(-c2cc(CCCCOP(C)(=O)OC[C@H]3O[C@@H](n4cc(C)c(=O)[nH]c4=O)CC3O)ccn2)c1.O.O.[Cl][Cu][Cl].[Cu]. The number of pyridine rings is 4. The maximum atomic E-state index is 12.7. The number of aromatic nitrogens is 8. The van der Waals surface area contributed by atoms with Crippen molar-refractivity contribution < 1.29 is 88.1 Å². The van der Waals surface area contributed by atoms with E-state index in [9.17, 15) is 38.5 Å². The van der Waals surface area contributed by atoms with Gasteiger partial charge < -0.3 is 48.7 Å². The van der Waals surface area contributed by atoms with E-state index in [0.29, 0.717) is 24.0 Å². The molecule has 460 valence electrons. The zero-order valence-electron chi connectivity index (χ0n) is 45.8. The van der Waals surface area contributed by atoms with Crippen molar-refractivity contribution in [3.63, 3.8) is 0 Å². The topological polar surface area (TPSA) is 354 Å². The molecule has 2 aliphatic rings. The van der Waals surface area contributed by atoms with Gasteiger partial charge in [-0.1, -0.05) is 0 Å². The van der Waals surface area contributed by atoms with Crippen LogP contribution in [0.4, 0.5) is 0 Å². The molecule has 2 fully saturated rings. The molecule has 6 aromatic heterocycles. The van der Waals surface area contributed by atoms with Crippen molar-refractivity contribution in [2.45, 2.75) is 116 Å². The van der Waals surface area contributed by atoms with E-state index < -0.39 is 74.6 Å². The predicted octanol–water partition coefficient (Wildman–Crippen LogP) is 6.00. The first-order chi connectivity index (χ1) is 37.6. The van der Waals surface area contributed by atoms with Crippen LogP contribution < -0.4 is 22.5 Å². The van der Waals surface area contributed by atoms with Gasteiger partial charge in [0.05, 0.1) is 61.4 Å². The minimum absolute atomic E-state index is 0. The van der Waals surface area contributed by atoms with E-state index in [2.05, 4.69) is 50.1 Å². The van der Waals surface area contributed by atoms with Crippen LogP contribution in [-0.4, -0.2) is 124 Å². The minimum Gasteiger partial charge on any atom is 0 e. The number of halogens is 2. The molecule has 1 radical (unpaired) electrons. The number of H-pyrrole nitrogens is 2. The van der Waals surface area contributed by atoms with Crippen LogP contribution in [0.15, 0.2) is 105 Å². The Morgan fingerprint density at radius 2 is 0.939 bits per heavy atom. The Hall–Kier alpha value is -4.36. The number of unbranched alkanes of at least 4 members (excludes halogenated alkanes) is 2. The number of hydrogen-bond acceptors (Lipinski definition) is 18. The van der Waals surface area contributed by atoms with E-state index >= 15 is 0 Å². The average molecular weight is 1320 g/mol. The van der Waals surface area contributed by atoms with E-state index in [1.54, 1.807) is 38.6 Å². The molecule has 0 aromatic carbocycles. The first-order valence-electron chi connectivity index (χ1n) is 25.3. The van der Waals surface area contributed by atoms with Crippen molar-refractivity contribution in [2.75, 3.05) is 39.8 Å². The van der Waals surface area contributed by atoms with Crippen molar-refractivity contribution in [1.82, 2.24) is 39.0 Å². The van der Waals surface area contributed by atoms with Crippen LogP contribution in [0, 0.1) is 27.7 Å². The van der Waals surface area contributed by atoms with Crippen LogP contribution in [-0.2, 0) is 79.7 Å². The molecule has 8 heterocycles. The second-order valence-corrected chi connectivity index (χ2v) is 24.8. The van der Waals surface area contributed by atoms with Crippen molar-refractivity contribution in [3.05, 3.63) is 161 Å². The number of aliphatic hydroxyl groups excluding tert-OH is 2. The maximum Gasteiger partial charge on any atom is 0 e. The van der Waals surface area contributed by atoms with E-state index in [-0.39, 0.29) is 67.3 Å². The Bertz CT molecular complexity index is 3110. The van der Waals surface area contributed by atoms with Gasteiger partial charge in [0.15, 0.2) is 0 Å². The van der Waals surface area contributed by atoms with Crippen LogP contribution in [0.3, 0.4) is 0 Å². The quantitative estimate of drug-likeness (QED) is 0.0344. The fourth-order valence-corrected chi connectivity index (χ4v) is 10.3. The summed E-state index contributed by atoms with van der Waals surface area (Å²) < 4.78 is 61.4. The Morgan fingerprint density at radius 3 is 1.29 bits per heavy atom. The Kier molecular flexibility index (Phi) is 30.3. The number of rotatable bonds is 22. The smallest absolute Gasteiger partial charge is 0 e. The number of nitrogens with one attached hydrogen (secondary N) is 2. The molecule has 0 aliphatic carbocycles. The molecule has 0 bridgehead atoms. The van der Waals surface area contributed by atoms with Crippen LogP contribution in [0.2, 0.25) is 0 Å². The van der Waals surface area contributed by atoms with Gasteiger partial charge in [0.2, 0.25) is 0 Å². The molecule has 4 unspecified atom stereocenters. The summed E-state index contributed by atoms with van der Waals surface area (Å²) in [6, 6.07) is 15.9. The number of nitrogens with zero attached hydrogens (tertiary/aromatic N) is 6. The van der Waals surface area contributed by atoms with Gasteiger partial charge in [-0.25, -0.2) is 9.59 Å². The van der Waals surface area contributed by atoms with Gasteiger partial charge in [-0.3, -0.25) is 57.8 Å². The average Bonchev–Trinajstić information content (AvgIpc) is 4.06. The monoisotopic (exact) mass is 1320 g/mol. The normalized spacial score (nSPS) is 19.6. The van der Waals surface area contributed by atoms with Crippen molar-refractivity contribution in [3.8, 4) is 22.8 Å². The van der Waals surface area contributed by atoms with Gasteiger partial charge in [0.25, 0.3) is 11.1 Å². The summed E-state index contributed by atoms with van der Waals surface area (Å²) in [5.74, 6) is 0. The zero-order valence-corrected chi connectivity index (χ0v) is 50.9. The van der Waals surface area contributed by atoms with Gasteiger partial charge in [0.1, 0.15) is 24.7 Å². The number of hydrogen-bond donors (Lipinski definition) is 4. The van der Waals surface area contributed by atoms with Gasteiger partial charge in [-0.05, 0) is 137 Å². The van der Waals surface area contributed by atoms with Crippen LogP contribution in [0.5, 0.6) is 0 Å². The molecule has 8 atom stereocenters. The van der Waals surface area contributed by atoms with Gasteiger partial charge >= 0.3 is 59.9 Å². The summed E-state index contributed by atoms with van der Waals surface area (Å²) >= 11 is 0.757. The molecule has 2 aliphatic heterocycles. The van der Waals surface area contributed by atoms with Gasteiger partial charge in [-0.2, -0.15) is 0 Å². The van der Waals surface area contributed by atoms with E-state index in [4.69, 9.17) is 27.6 Å².